The average molecular weight is 546 g/mol. The summed E-state index contributed by atoms with van der Waals surface area (Å²) in [6.45, 7) is 13.9. The van der Waals surface area contributed by atoms with E-state index in [2.05, 4.69) is 49.2 Å². The Kier molecular flexibility index (Phi) is 12.1. The predicted molar refractivity (Wildman–Crippen MR) is 137 cm³/mol. The van der Waals surface area contributed by atoms with Gasteiger partial charge in [-0.25, -0.2) is 0 Å². The Bertz CT molecular complexity index is 680. The molecule has 0 radical (unpaired) electrons. The van der Waals surface area contributed by atoms with Crippen LogP contribution in [0.2, 0.25) is 0 Å². The van der Waals surface area contributed by atoms with Gasteiger partial charge in [-0.2, -0.15) is 0 Å². The summed E-state index contributed by atoms with van der Waals surface area (Å²) in [5.41, 5.74) is 3.87. The van der Waals surface area contributed by atoms with Crippen LogP contribution in [0.1, 0.15) is 49.0 Å². The number of hydrogen-bond donors (Lipinski definition) is 1. The minimum atomic E-state index is 0. The Morgan fingerprint density at radius 3 is 2.77 bits per heavy atom. The third-order valence-corrected chi connectivity index (χ3v) is 5.88. The summed E-state index contributed by atoms with van der Waals surface area (Å²) in [4.78, 5) is 7.20. The molecule has 176 valence electrons. The van der Waals surface area contributed by atoms with Gasteiger partial charge >= 0.3 is 0 Å². The van der Waals surface area contributed by atoms with E-state index in [0.29, 0.717) is 5.92 Å². The Labute approximate surface area is 205 Å². The topological polar surface area (TPSA) is 55.3 Å². The fraction of sp³-hybridized carbons (Fsp3) is 0.708. The lowest BCUT2D eigenvalue weighted by atomic mass is 10.00. The Hall–Kier alpha value is -0.900. The Morgan fingerprint density at radius 2 is 2.03 bits per heavy atom. The van der Waals surface area contributed by atoms with Crippen LogP contribution in [0.3, 0.4) is 0 Å². The second-order valence-electron chi connectivity index (χ2n) is 8.39. The highest BCUT2D eigenvalue weighted by atomic mass is 127. The lowest BCUT2D eigenvalue weighted by Crippen LogP contribution is -2.48. The van der Waals surface area contributed by atoms with Crippen molar-refractivity contribution in [3.8, 4) is 0 Å². The normalized spacial score (nSPS) is 20.4. The summed E-state index contributed by atoms with van der Waals surface area (Å²) in [6.07, 6.45) is 3.29. The van der Waals surface area contributed by atoms with E-state index in [1.165, 1.54) is 16.7 Å². The standard InChI is InChI=1S/C24H39N3O3.HI/c1-4-25-24(26-10-5-12-29-18-21-8-13-28-14-9-21)27-11-15-30-23(17-27)22-7-6-19(2)16-20(22)3;/h6-7,16,21,23H,4-5,8-15,17-18H2,1-3H3,(H,25,26);1H. The molecule has 0 bridgehead atoms. The molecule has 1 atom stereocenters. The van der Waals surface area contributed by atoms with Crippen LogP contribution in [-0.4, -0.2) is 70.1 Å². The van der Waals surface area contributed by atoms with Crippen molar-refractivity contribution in [3.05, 3.63) is 34.9 Å². The maximum atomic E-state index is 6.11. The highest BCUT2D eigenvalue weighted by Crippen LogP contribution is 2.26. The fourth-order valence-electron chi connectivity index (χ4n) is 4.16. The van der Waals surface area contributed by atoms with Gasteiger partial charge in [-0.15, -0.1) is 24.0 Å². The largest absolute Gasteiger partial charge is 0.381 e. The number of aliphatic imine (C=N–C) groups is 1. The van der Waals surface area contributed by atoms with Crippen molar-refractivity contribution in [1.29, 1.82) is 0 Å². The molecule has 2 heterocycles. The van der Waals surface area contributed by atoms with Crippen molar-refractivity contribution in [2.24, 2.45) is 10.9 Å². The number of rotatable bonds is 8. The van der Waals surface area contributed by atoms with Crippen molar-refractivity contribution in [2.45, 2.75) is 46.1 Å². The third kappa shape index (κ3) is 8.51. The van der Waals surface area contributed by atoms with E-state index in [1.54, 1.807) is 0 Å². The molecule has 7 heteroatoms. The molecule has 3 rings (SSSR count). The second kappa shape index (κ2) is 14.3. The van der Waals surface area contributed by atoms with Crippen LogP contribution in [0.15, 0.2) is 23.2 Å². The molecule has 6 nitrogen and oxygen atoms in total. The summed E-state index contributed by atoms with van der Waals surface area (Å²) < 4.78 is 17.4. The molecule has 0 spiro atoms. The molecule has 1 aromatic carbocycles. The molecule has 1 N–H and O–H groups in total. The molecule has 0 amide bonds. The minimum absolute atomic E-state index is 0. The van der Waals surface area contributed by atoms with Crippen LogP contribution in [0, 0.1) is 19.8 Å². The van der Waals surface area contributed by atoms with E-state index in [0.717, 1.165) is 84.4 Å². The zero-order valence-corrected chi connectivity index (χ0v) is 21.7. The van der Waals surface area contributed by atoms with E-state index < -0.39 is 0 Å². The number of nitrogens with one attached hydrogen (secondary N) is 1. The highest BCUT2D eigenvalue weighted by Gasteiger charge is 2.25. The highest BCUT2D eigenvalue weighted by molar-refractivity contribution is 14.0. The lowest BCUT2D eigenvalue weighted by molar-refractivity contribution is -0.00836. The number of ether oxygens (including phenoxy) is 3. The van der Waals surface area contributed by atoms with Gasteiger partial charge in [-0.1, -0.05) is 23.8 Å². The third-order valence-electron chi connectivity index (χ3n) is 5.88. The minimum Gasteiger partial charge on any atom is -0.381 e. The molecule has 1 unspecified atom stereocenters. The summed E-state index contributed by atoms with van der Waals surface area (Å²) in [6, 6.07) is 6.61. The summed E-state index contributed by atoms with van der Waals surface area (Å²) in [5, 5.41) is 3.46. The smallest absolute Gasteiger partial charge is 0.194 e. The number of morpholine rings is 1. The van der Waals surface area contributed by atoms with E-state index in [-0.39, 0.29) is 30.1 Å². The van der Waals surface area contributed by atoms with E-state index >= 15 is 0 Å². The van der Waals surface area contributed by atoms with Gasteiger partial charge in [0.15, 0.2) is 5.96 Å². The predicted octanol–water partition coefficient (Wildman–Crippen LogP) is 4.09. The van der Waals surface area contributed by atoms with Gasteiger partial charge in [0.1, 0.15) is 6.10 Å². The molecule has 2 aliphatic heterocycles. The fourth-order valence-corrected chi connectivity index (χ4v) is 4.16. The molecule has 31 heavy (non-hydrogen) atoms. The molecule has 2 aliphatic rings. The number of nitrogens with zero attached hydrogens (tertiary/aromatic N) is 2. The first-order valence-electron chi connectivity index (χ1n) is 11.5. The van der Waals surface area contributed by atoms with Gasteiger partial charge < -0.3 is 24.4 Å². The number of hydrogen-bond acceptors (Lipinski definition) is 4. The lowest BCUT2D eigenvalue weighted by Gasteiger charge is -2.36. The van der Waals surface area contributed by atoms with Gasteiger partial charge in [0.25, 0.3) is 0 Å². The van der Waals surface area contributed by atoms with Crippen LogP contribution >= 0.6 is 24.0 Å². The summed E-state index contributed by atoms with van der Waals surface area (Å²) in [7, 11) is 0. The van der Waals surface area contributed by atoms with Gasteiger partial charge in [-0.05, 0) is 57.1 Å². The Balaban J connectivity index is 0.00000341. The maximum absolute atomic E-state index is 6.11. The number of benzene rings is 1. The first kappa shape index (κ1) is 26.4. The number of guanidine groups is 1. The molecule has 1 aromatic rings. The SMILES string of the molecule is CCNC(=NCCCOCC1CCOCC1)N1CCOC(c2ccc(C)cc2C)C1.I. The zero-order chi connectivity index (χ0) is 21.2. The average Bonchev–Trinajstić information content (AvgIpc) is 2.76. The van der Waals surface area contributed by atoms with Gasteiger partial charge in [-0.3, -0.25) is 4.99 Å². The van der Waals surface area contributed by atoms with Crippen LogP contribution in [0.25, 0.3) is 0 Å². The van der Waals surface area contributed by atoms with Crippen molar-refractivity contribution in [2.75, 3.05) is 59.2 Å². The quantitative estimate of drug-likeness (QED) is 0.231. The van der Waals surface area contributed by atoms with E-state index in [1.807, 2.05) is 0 Å². The van der Waals surface area contributed by atoms with Gasteiger partial charge in [0.05, 0.1) is 13.2 Å². The van der Waals surface area contributed by atoms with Crippen LogP contribution in [0.5, 0.6) is 0 Å². The molecule has 0 aromatic heterocycles. The first-order valence-corrected chi connectivity index (χ1v) is 11.5. The van der Waals surface area contributed by atoms with Gasteiger partial charge in [0, 0.05) is 46.1 Å². The van der Waals surface area contributed by atoms with Crippen LogP contribution < -0.4 is 5.32 Å². The van der Waals surface area contributed by atoms with E-state index in [4.69, 9.17) is 19.2 Å². The molecule has 2 saturated heterocycles. The first-order chi connectivity index (χ1) is 14.7. The second-order valence-corrected chi connectivity index (χ2v) is 8.39. The molecular weight excluding hydrogens is 505 g/mol. The number of aryl methyl sites for hydroxylation is 2. The Morgan fingerprint density at radius 1 is 1.23 bits per heavy atom. The van der Waals surface area contributed by atoms with Crippen molar-refractivity contribution < 1.29 is 14.2 Å². The number of halogens is 1. The zero-order valence-electron chi connectivity index (χ0n) is 19.4. The molecule has 0 aliphatic carbocycles. The van der Waals surface area contributed by atoms with Gasteiger partial charge in [0.2, 0.25) is 0 Å². The monoisotopic (exact) mass is 545 g/mol. The summed E-state index contributed by atoms with van der Waals surface area (Å²) in [5.74, 6) is 1.65. The van der Waals surface area contributed by atoms with Crippen molar-refractivity contribution in [1.82, 2.24) is 10.2 Å². The van der Waals surface area contributed by atoms with Crippen molar-refractivity contribution in [3.63, 3.8) is 0 Å². The van der Waals surface area contributed by atoms with E-state index in [9.17, 15) is 0 Å². The molecule has 2 fully saturated rings. The van der Waals surface area contributed by atoms with Crippen LogP contribution in [-0.2, 0) is 14.2 Å². The maximum Gasteiger partial charge on any atom is 0.194 e. The molecule has 0 saturated carbocycles. The molecular formula is C24H40IN3O3. The van der Waals surface area contributed by atoms with Crippen molar-refractivity contribution >= 4 is 29.9 Å². The van der Waals surface area contributed by atoms with Crippen LogP contribution in [0.4, 0.5) is 0 Å². The summed E-state index contributed by atoms with van der Waals surface area (Å²) >= 11 is 0.